The number of aromatic nitrogens is 2. The van der Waals surface area contributed by atoms with Gasteiger partial charge in [-0.3, -0.25) is 4.79 Å². The van der Waals surface area contributed by atoms with Crippen LogP contribution in [0.3, 0.4) is 0 Å². The molecule has 0 saturated carbocycles. The van der Waals surface area contributed by atoms with Crippen LogP contribution in [-0.4, -0.2) is 22.4 Å². The topological polar surface area (TPSA) is 52.1 Å². The van der Waals surface area contributed by atoms with Crippen LogP contribution in [0.25, 0.3) is 0 Å². The molecule has 96 valence electrons. The van der Waals surface area contributed by atoms with E-state index in [0.29, 0.717) is 18.0 Å². The summed E-state index contributed by atoms with van der Waals surface area (Å²) in [5, 5.41) is 0. The number of rotatable bonds is 2. The molecule has 1 aromatic heterocycles. The lowest BCUT2D eigenvalue weighted by atomic mass is 10.00. The van der Waals surface area contributed by atoms with Gasteiger partial charge in [-0.25, -0.2) is 9.97 Å². The average molecular weight is 254 g/mol. The average Bonchev–Trinajstić information content (AvgIpc) is 2.82. The number of ether oxygens (including phenoxy) is 1. The molecule has 1 aliphatic heterocycles. The van der Waals surface area contributed by atoms with Gasteiger partial charge in [0.15, 0.2) is 5.78 Å². The fourth-order valence-electron chi connectivity index (χ4n) is 2.37. The highest BCUT2D eigenvalue weighted by Crippen LogP contribution is 2.36. The molecular weight excluding hydrogens is 240 g/mol. The summed E-state index contributed by atoms with van der Waals surface area (Å²) in [7, 11) is 0. The lowest BCUT2D eigenvalue weighted by molar-refractivity contribution is 0.101. The predicted molar refractivity (Wildman–Crippen MR) is 70.6 cm³/mol. The molecule has 1 atom stereocenters. The van der Waals surface area contributed by atoms with E-state index in [9.17, 15) is 4.79 Å². The van der Waals surface area contributed by atoms with Gasteiger partial charge in [-0.15, -0.1) is 0 Å². The van der Waals surface area contributed by atoms with Gasteiger partial charge in [0.1, 0.15) is 18.2 Å². The smallest absolute Gasteiger partial charge is 0.163 e. The number of carbonyl (C=O) groups is 1. The third kappa shape index (κ3) is 1.99. The fraction of sp³-hybridized carbons (Fsp3) is 0.267. The molecule has 1 aliphatic rings. The minimum atomic E-state index is -0.00729. The molecule has 3 rings (SSSR count). The lowest BCUT2D eigenvalue weighted by Gasteiger charge is -2.09. The SMILES string of the molecule is CC(=O)c1cnc(C2COc3ccccc32)nc1C. The highest BCUT2D eigenvalue weighted by Gasteiger charge is 2.27. The molecule has 0 saturated heterocycles. The number of hydrogen-bond donors (Lipinski definition) is 0. The lowest BCUT2D eigenvalue weighted by Crippen LogP contribution is -2.11. The van der Waals surface area contributed by atoms with Crippen molar-refractivity contribution in [3.63, 3.8) is 0 Å². The van der Waals surface area contributed by atoms with Crippen molar-refractivity contribution in [1.82, 2.24) is 9.97 Å². The van der Waals surface area contributed by atoms with E-state index in [1.165, 1.54) is 6.92 Å². The highest BCUT2D eigenvalue weighted by molar-refractivity contribution is 5.94. The Morgan fingerprint density at radius 2 is 2.16 bits per heavy atom. The molecule has 0 aliphatic carbocycles. The Bertz CT molecular complexity index is 652. The van der Waals surface area contributed by atoms with Gasteiger partial charge in [0, 0.05) is 11.8 Å². The Hall–Kier alpha value is -2.23. The number of nitrogens with zero attached hydrogens (tertiary/aromatic N) is 2. The minimum absolute atomic E-state index is 0.00729. The van der Waals surface area contributed by atoms with Gasteiger partial charge in [0.25, 0.3) is 0 Å². The van der Waals surface area contributed by atoms with Crippen LogP contribution in [0.4, 0.5) is 0 Å². The molecule has 4 nitrogen and oxygen atoms in total. The zero-order valence-electron chi connectivity index (χ0n) is 10.9. The summed E-state index contributed by atoms with van der Waals surface area (Å²) < 4.78 is 5.64. The summed E-state index contributed by atoms with van der Waals surface area (Å²) in [6, 6.07) is 7.92. The van der Waals surface area contributed by atoms with E-state index < -0.39 is 0 Å². The summed E-state index contributed by atoms with van der Waals surface area (Å²) in [4.78, 5) is 20.2. The summed E-state index contributed by atoms with van der Waals surface area (Å²) in [6.45, 7) is 3.92. The van der Waals surface area contributed by atoms with E-state index in [0.717, 1.165) is 17.0 Å². The quantitative estimate of drug-likeness (QED) is 0.773. The van der Waals surface area contributed by atoms with Crippen molar-refractivity contribution in [1.29, 1.82) is 0 Å². The van der Waals surface area contributed by atoms with Crippen LogP contribution in [0.15, 0.2) is 30.5 Å². The summed E-state index contributed by atoms with van der Waals surface area (Å²) in [5.74, 6) is 1.65. The minimum Gasteiger partial charge on any atom is -0.492 e. The predicted octanol–water partition coefficient (Wildman–Crippen LogP) is 2.51. The number of Topliss-reactive ketones (excluding diaryl/α,β-unsaturated/α-hetero) is 1. The number of benzene rings is 1. The maximum Gasteiger partial charge on any atom is 0.163 e. The first kappa shape index (κ1) is 11.8. The van der Waals surface area contributed by atoms with Gasteiger partial charge in [-0.2, -0.15) is 0 Å². The van der Waals surface area contributed by atoms with Crippen molar-refractivity contribution in [2.24, 2.45) is 0 Å². The van der Waals surface area contributed by atoms with Gasteiger partial charge in [-0.1, -0.05) is 18.2 Å². The molecule has 0 amide bonds. The molecule has 2 aromatic rings. The molecule has 0 bridgehead atoms. The third-order valence-corrected chi connectivity index (χ3v) is 3.39. The Balaban J connectivity index is 2.01. The van der Waals surface area contributed by atoms with Crippen molar-refractivity contribution in [2.75, 3.05) is 6.61 Å². The number of ketones is 1. The number of hydrogen-bond acceptors (Lipinski definition) is 4. The molecule has 1 unspecified atom stereocenters. The van der Waals surface area contributed by atoms with Crippen molar-refractivity contribution in [3.8, 4) is 5.75 Å². The van der Waals surface area contributed by atoms with Crippen LogP contribution < -0.4 is 4.74 Å². The van der Waals surface area contributed by atoms with Crippen molar-refractivity contribution < 1.29 is 9.53 Å². The van der Waals surface area contributed by atoms with Crippen LogP contribution >= 0.6 is 0 Å². The summed E-state index contributed by atoms with van der Waals surface area (Å²) in [6.07, 6.45) is 1.61. The molecule has 0 N–H and O–H groups in total. The van der Waals surface area contributed by atoms with E-state index >= 15 is 0 Å². The highest BCUT2D eigenvalue weighted by atomic mass is 16.5. The van der Waals surface area contributed by atoms with Crippen LogP contribution in [0, 0.1) is 6.92 Å². The molecule has 2 heterocycles. The van der Waals surface area contributed by atoms with Crippen LogP contribution in [0.5, 0.6) is 5.75 Å². The van der Waals surface area contributed by atoms with Crippen LogP contribution in [0.2, 0.25) is 0 Å². The Kier molecular flexibility index (Phi) is 2.78. The second kappa shape index (κ2) is 4.46. The first-order chi connectivity index (χ1) is 9.16. The second-order valence-corrected chi connectivity index (χ2v) is 4.68. The number of carbonyl (C=O) groups excluding carboxylic acids is 1. The zero-order valence-corrected chi connectivity index (χ0v) is 10.9. The van der Waals surface area contributed by atoms with Gasteiger partial charge in [0.05, 0.1) is 17.2 Å². The van der Waals surface area contributed by atoms with E-state index in [-0.39, 0.29) is 11.7 Å². The largest absolute Gasteiger partial charge is 0.492 e. The van der Waals surface area contributed by atoms with E-state index in [4.69, 9.17) is 4.74 Å². The van der Waals surface area contributed by atoms with Crippen LogP contribution in [-0.2, 0) is 0 Å². The van der Waals surface area contributed by atoms with E-state index in [1.807, 2.05) is 31.2 Å². The first-order valence-electron chi connectivity index (χ1n) is 6.23. The molecule has 4 heteroatoms. The molecule has 1 aromatic carbocycles. The number of fused-ring (bicyclic) bond motifs is 1. The second-order valence-electron chi connectivity index (χ2n) is 4.68. The summed E-state index contributed by atoms with van der Waals surface area (Å²) >= 11 is 0. The van der Waals surface area contributed by atoms with E-state index in [2.05, 4.69) is 9.97 Å². The van der Waals surface area contributed by atoms with Gasteiger partial charge in [0.2, 0.25) is 0 Å². The standard InChI is InChI=1S/C15H14N2O2/c1-9-12(10(2)18)7-16-15(17-9)13-8-19-14-6-4-3-5-11(13)14/h3-7,13H,8H2,1-2H3. The molecule has 0 spiro atoms. The van der Waals surface area contributed by atoms with Crippen molar-refractivity contribution in [2.45, 2.75) is 19.8 Å². The fourth-order valence-corrected chi connectivity index (χ4v) is 2.37. The Morgan fingerprint density at radius 1 is 1.37 bits per heavy atom. The maximum absolute atomic E-state index is 11.4. The molecule has 0 radical (unpaired) electrons. The zero-order chi connectivity index (χ0) is 13.4. The molecular formula is C15H14N2O2. The van der Waals surface area contributed by atoms with Gasteiger partial charge >= 0.3 is 0 Å². The van der Waals surface area contributed by atoms with E-state index in [1.54, 1.807) is 6.20 Å². The summed E-state index contributed by atoms with van der Waals surface area (Å²) in [5.41, 5.74) is 2.41. The van der Waals surface area contributed by atoms with Gasteiger partial charge < -0.3 is 4.74 Å². The maximum atomic E-state index is 11.4. The van der Waals surface area contributed by atoms with Crippen molar-refractivity contribution in [3.05, 3.63) is 53.1 Å². The Labute approximate surface area is 111 Å². The van der Waals surface area contributed by atoms with Crippen LogP contribution in [0.1, 0.15) is 40.3 Å². The first-order valence-corrected chi connectivity index (χ1v) is 6.23. The number of aryl methyl sites for hydroxylation is 1. The normalized spacial score (nSPS) is 16.8. The molecule has 19 heavy (non-hydrogen) atoms. The Morgan fingerprint density at radius 3 is 2.89 bits per heavy atom. The monoisotopic (exact) mass is 254 g/mol. The van der Waals surface area contributed by atoms with Gasteiger partial charge in [-0.05, 0) is 19.9 Å². The number of para-hydroxylation sites is 1. The van der Waals surface area contributed by atoms with Crippen molar-refractivity contribution >= 4 is 5.78 Å². The third-order valence-electron chi connectivity index (χ3n) is 3.39. The molecule has 0 fully saturated rings.